The highest BCUT2D eigenvalue weighted by molar-refractivity contribution is 7.93. The Hall–Kier alpha value is -1.78. The van der Waals surface area contributed by atoms with Gasteiger partial charge in [0, 0.05) is 31.9 Å². The van der Waals surface area contributed by atoms with Gasteiger partial charge in [0.05, 0.1) is 18.1 Å². The highest BCUT2D eigenvalue weighted by Crippen LogP contribution is 2.24. The molecule has 0 radical (unpaired) electrons. The van der Waals surface area contributed by atoms with Gasteiger partial charge in [-0.25, -0.2) is 21.6 Å². The molecule has 0 bridgehead atoms. The second-order valence-corrected chi connectivity index (χ2v) is 10.9. The fraction of sp³-hybridized carbons (Fsp3) is 0.400. The second-order valence-electron chi connectivity index (χ2n) is 7.15. The zero-order valence-electron chi connectivity index (χ0n) is 16.5. The molecule has 1 unspecified atom stereocenters. The molecule has 2 aromatic carbocycles. The van der Waals surface area contributed by atoms with E-state index in [1.807, 2.05) is 31.2 Å². The van der Waals surface area contributed by atoms with Crippen molar-refractivity contribution in [1.82, 2.24) is 9.62 Å². The summed E-state index contributed by atoms with van der Waals surface area (Å²) in [5.41, 5.74) is 2.12. The topological polar surface area (TPSA) is 92.8 Å². The number of ether oxygens (including phenoxy) is 1. The quantitative estimate of drug-likeness (QED) is 0.708. The molecule has 0 amide bonds. The fourth-order valence-corrected chi connectivity index (χ4v) is 6.05. The van der Waals surface area contributed by atoms with Crippen LogP contribution in [0.25, 0.3) is 0 Å². The van der Waals surface area contributed by atoms with Gasteiger partial charge in [0.1, 0.15) is 4.90 Å². The predicted octanol–water partition coefficient (Wildman–Crippen LogP) is 1.75. The van der Waals surface area contributed by atoms with Gasteiger partial charge in [0.25, 0.3) is 0 Å². The van der Waals surface area contributed by atoms with Gasteiger partial charge >= 0.3 is 0 Å². The summed E-state index contributed by atoms with van der Waals surface area (Å²) in [5, 5.41) is 0. The van der Waals surface area contributed by atoms with E-state index in [1.54, 1.807) is 0 Å². The van der Waals surface area contributed by atoms with Crippen LogP contribution < -0.4 is 4.72 Å². The van der Waals surface area contributed by atoms with E-state index in [0.717, 1.165) is 17.4 Å². The number of nitrogens with zero attached hydrogens (tertiary/aromatic N) is 1. The van der Waals surface area contributed by atoms with Crippen molar-refractivity contribution in [3.63, 3.8) is 0 Å². The van der Waals surface area contributed by atoms with Crippen LogP contribution in [0.1, 0.15) is 17.2 Å². The van der Waals surface area contributed by atoms with Gasteiger partial charge in [-0.05, 0) is 24.6 Å². The highest BCUT2D eigenvalue weighted by Gasteiger charge is 2.27. The van der Waals surface area contributed by atoms with Crippen molar-refractivity contribution in [3.8, 4) is 0 Å². The number of hydrogen-bond acceptors (Lipinski definition) is 6. The lowest BCUT2D eigenvalue weighted by atomic mass is 10.0. The molecule has 1 atom stereocenters. The van der Waals surface area contributed by atoms with Crippen molar-refractivity contribution >= 4 is 19.9 Å². The summed E-state index contributed by atoms with van der Waals surface area (Å²) in [6.07, 6.45) is 1.00. The van der Waals surface area contributed by atoms with E-state index in [4.69, 9.17) is 4.74 Å². The zero-order valence-corrected chi connectivity index (χ0v) is 18.2. The first kappa shape index (κ1) is 21.9. The molecule has 1 heterocycles. The van der Waals surface area contributed by atoms with Crippen LogP contribution in [0.4, 0.5) is 0 Å². The molecule has 1 saturated heterocycles. The number of rotatable bonds is 7. The van der Waals surface area contributed by atoms with Crippen molar-refractivity contribution in [1.29, 1.82) is 0 Å². The highest BCUT2D eigenvalue weighted by atomic mass is 32.2. The first-order valence-corrected chi connectivity index (χ1v) is 12.7. The maximum Gasteiger partial charge on any atom is 0.241 e. The molecule has 0 spiro atoms. The third kappa shape index (κ3) is 5.43. The van der Waals surface area contributed by atoms with E-state index < -0.39 is 19.9 Å². The Kier molecular flexibility index (Phi) is 6.75. The minimum absolute atomic E-state index is 0.128. The monoisotopic (exact) mass is 438 g/mol. The maximum atomic E-state index is 13.0. The molecule has 29 heavy (non-hydrogen) atoms. The van der Waals surface area contributed by atoms with Gasteiger partial charge < -0.3 is 4.74 Å². The molecule has 0 aliphatic carbocycles. The minimum Gasteiger partial charge on any atom is -0.379 e. The summed E-state index contributed by atoms with van der Waals surface area (Å²) < 4.78 is 58.0. The first-order valence-electron chi connectivity index (χ1n) is 9.35. The van der Waals surface area contributed by atoms with E-state index >= 15 is 0 Å². The Labute approximate surface area is 172 Å². The summed E-state index contributed by atoms with van der Waals surface area (Å²) in [5.74, 6) is 0. The van der Waals surface area contributed by atoms with Crippen LogP contribution in [0.15, 0.2) is 58.3 Å². The van der Waals surface area contributed by atoms with Gasteiger partial charge in [0.15, 0.2) is 9.84 Å². The zero-order chi connectivity index (χ0) is 21.1. The molecular weight excluding hydrogens is 412 g/mol. The average molecular weight is 439 g/mol. The van der Waals surface area contributed by atoms with Crippen molar-refractivity contribution < 1.29 is 21.6 Å². The molecule has 1 fully saturated rings. The minimum atomic E-state index is -4.01. The first-order chi connectivity index (χ1) is 13.7. The van der Waals surface area contributed by atoms with Crippen LogP contribution in [0.5, 0.6) is 0 Å². The Morgan fingerprint density at radius 2 is 1.55 bits per heavy atom. The smallest absolute Gasteiger partial charge is 0.241 e. The standard InChI is InChI=1S/C20H26N2O5S2/c1-16-7-9-17(10-8-16)18(22-11-13-27-14-12-22)15-21-29(25,26)20-6-4-3-5-19(20)28(2,23)24/h3-10,18,21H,11-15H2,1-2H3. The number of hydrogen-bond donors (Lipinski definition) is 1. The molecular formula is C20H26N2O5S2. The average Bonchev–Trinajstić information content (AvgIpc) is 2.69. The van der Waals surface area contributed by atoms with Crippen molar-refractivity contribution in [3.05, 3.63) is 59.7 Å². The third-order valence-corrected chi connectivity index (χ3v) is 7.72. The predicted molar refractivity (Wildman–Crippen MR) is 111 cm³/mol. The molecule has 0 saturated carbocycles. The summed E-state index contributed by atoms with van der Waals surface area (Å²) in [7, 11) is -7.69. The van der Waals surface area contributed by atoms with Gasteiger partial charge in [-0.3, -0.25) is 4.90 Å². The molecule has 1 aliphatic heterocycles. The summed E-state index contributed by atoms with van der Waals surface area (Å²) in [4.78, 5) is 1.75. The van der Waals surface area contributed by atoms with Crippen LogP contribution >= 0.6 is 0 Å². The summed E-state index contributed by atoms with van der Waals surface area (Å²) in [6.45, 7) is 4.69. The van der Waals surface area contributed by atoms with E-state index in [9.17, 15) is 16.8 Å². The van der Waals surface area contributed by atoms with Crippen LogP contribution in [0.2, 0.25) is 0 Å². The van der Waals surface area contributed by atoms with Crippen LogP contribution in [0.3, 0.4) is 0 Å². The lowest BCUT2D eigenvalue weighted by molar-refractivity contribution is 0.0172. The molecule has 2 aromatic rings. The molecule has 3 rings (SSSR count). The number of nitrogens with one attached hydrogen (secondary N) is 1. The lowest BCUT2D eigenvalue weighted by Crippen LogP contribution is -2.43. The second kappa shape index (κ2) is 8.93. The maximum absolute atomic E-state index is 13.0. The van der Waals surface area contributed by atoms with E-state index in [-0.39, 0.29) is 22.4 Å². The van der Waals surface area contributed by atoms with Crippen LogP contribution in [-0.4, -0.2) is 60.8 Å². The van der Waals surface area contributed by atoms with E-state index in [0.29, 0.717) is 26.3 Å². The Morgan fingerprint density at radius 3 is 2.14 bits per heavy atom. The van der Waals surface area contributed by atoms with Crippen LogP contribution in [-0.2, 0) is 24.6 Å². The van der Waals surface area contributed by atoms with Crippen molar-refractivity contribution in [2.75, 3.05) is 39.1 Å². The van der Waals surface area contributed by atoms with E-state index in [2.05, 4.69) is 9.62 Å². The Bertz CT molecular complexity index is 1040. The molecule has 158 valence electrons. The Balaban J connectivity index is 1.88. The largest absolute Gasteiger partial charge is 0.379 e. The molecule has 0 aromatic heterocycles. The van der Waals surface area contributed by atoms with E-state index in [1.165, 1.54) is 24.3 Å². The van der Waals surface area contributed by atoms with Crippen molar-refractivity contribution in [2.24, 2.45) is 0 Å². The molecule has 1 N–H and O–H groups in total. The SMILES string of the molecule is Cc1ccc(C(CNS(=O)(=O)c2ccccc2S(C)(=O)=O)N2CCOCC2)cc1. The number of sulfonamides is 1. The molecule has 9 heteroatoms. The normalized spacial score (nSPS) is 17.2. The fourth-order valence-electron chi connectivity index (χ4n) is 3.38. The lowest BCUT2D eigenvalue weighted by Gasteiger charge is -2.35. The number of morpholine rings is 1. The van der Waals surface area contributed by atoms with Gasteiger partial charge in [-0.2, -0.15) is 0 Å². The number of sulfone groups is 1. The van der Waals surface area contributed by atoms with Gasteiger partial charge in [-0.15, -0.1) is 0 Å². The number of aryl methyl sites for hydroxylation is 1. The summed E-state index contributed by atoms with van der Waals surface area (Å²) in [6, 6.07) is 13.5. The number of benzene rings is 2. The van der Waals surface area contributed by atoms with Crippen molar-refractivity contribution in [2.45, 2.75) is 22.8 Å². The third-order valence-electron chi connectivity index (χ3n) is 4.95. The summed E-state index contributed by atoms with van der Waals surface area (Å²) >= 11 is 0. The molecule has 1 aliphatic rings. The molecule has 7 nitrogen and oxygen atoms in total. The van der Waals surface area contributed by atoms with Gasteiger partial charge in [-0.1, -0.05) is 42.0 Å². The van der Waals surface area contributed by atoms with Gasteiger partial charge in [0.2, 0.25) is 10.0 Å². The van der Waals surface area contributed by atoms with Crippen LogP contribution in [0, 0.1) is 6.92 Å². The Morgan fingerprint density at radius 1 is 0.966 bits per heavy atom.